The van der Waals surface area contributed by atoms with Crippen molar-refractivity contribution in [1.29, 1.82) is 0 Å². The fourth-order valence-corrected chi connectivity index (χ4v) is 2.91. The summed E-state index contributed by atoms with van der Waals surface area (Å²) in [6.07, 6.45) is 2.04. The quantitative estimate of drug-likeness (QED) is 0.512. The van der Waals surface area contributed by atoms with Crippen molar-refractivity contribution in [2.75, 3.05) is 0 Å². The Kier molecular flexibility index (Phi) is 3.51. The molecule has 2 aromatic carbocycles. The van der Waals surface area contributed by atoms with Gasteiger partial charge in [0.05, 0.1) is 4.92 Å². The van der Waals surface area contributed by atoms with E-state index in [0.29, 0.717) is 6.54 Å². The van der Waals surface area contributed by atoms with Gasteiger partial charge in [-0.3, -0.25) is 10.1 Å². The minimum Gasteiger partial charge on any atom is -0.343 e. The molecule has 0 N–H and O–H groups in total. The average molecular weight is 345 g/mol. The number of fused-ring (bicyclic) bond motifs is 1. The van der Waals surface area contributed by atoms with Crippen molar-refractivity contribution < 1.29 is 4.92 Å². The standard InChI is InChI=1S/C16H13BrN2O2/c1-11-2-5-16-12(8-11)6-7-18(16)10-13-3-4-14(19(20)21)9-15(13)17/h2-9H,10H2,1H3. The van der Waals surface area contributed by atoms with E-state index in [1.165, 1.54) is 17.0 Å². The number of aromatic nitrogens is 1. The Morgan fingerprint density at radius 3 is 2.71 bits per heavy atom. The van der Waals surface area contributed by atoms with E-state index >= 15 is 0 Å². The third kappa shape index (κ3) is 2.69. The van der Waals surface area contributed by atoms with Crippen molar-refractivity contribution in [3.05, 3.63) is 74.4 Å². The molecule has 0 aliphatic carbocycles. The first-order valence-electron chi connectivity index (χ1n) is 6.53. The Balaban J connectivity index is 1.97. The van der Waals surface area contributed by atoms with E-state index in [0.717, 1.165) is 15.6 Å². The summed E-state index contributed by atoms with van der Waals surface area (Å²) in [4.78, 5) is 10.4. The van der Waals surface area contributed by atoms with Crippen molar-refractivity contribution in [1.82, 2.24) is 4.57 Å². The smallest absolute Gasteiger partial charge is 0.270 e. The third-order valence-corrected chi connectivity index (χ3v) is 4.25. The molecule has 0 aliphatic rings. The lowest BCUT2D eigenvalue weighted by atomic mass is 10.2. The van der Waals surface area contributed by atoms with Gasteiger partial charge in [0.2, 0.25) is 0 Å². The number of hydrogen-bond donors (Lipinski definition) is 0. The minimum atomic E-state index is -0.387. The number of rotatable bonds is 3. The molecular weight excluding hydrogens is 332 g/mol. The van der Waals surface area contributed by atoms with Crippen LogP contribution in [0.5, 0.6) is 0 Å². The monoisotopic (exact) mass is 344 g/mol. The van der Waals surface area contributed by atoms with E-state index in [2.05, 4.69) is 51.7 Å². The van der Waals surface area contributed by atoms with Gasteiger partial charge < -0.3 is 4.57 Å². The van der Waals surface area contributed by atoms with Crippen LogP contribution >= 0.6 is 15.9 Å². The van der Waals surface area contributed by atoms with E-state index in [9.17, 15) is 10.1 Å². The number of hydrogen-bond acceptors (Lipinski definition) is 2. The molecule has 0 saturated heterocycles. The van der Waals surface area contributed by atoms with Gasteiger partial charge in [-0.1, -0.05) is 27.6 Å². The molecule has 0 atom stereocenters. The minimum absolute atomic E-state index is 0.0959. The van der Waals surface area contributed by atoms with E-state index < -0.39 is 0 Å². The lowest BCUT2D eigenvalue weighted by molar-refractivity contribution is -0.384. The van der Waals surface area contributed by atoms with E-state index in [1.807, 2.05) is 6.20 Å². The van der Waals surface area contributed by atoms with Gasteiger partial charge in [0.15, 0.2) is 0 Å². The maximum absolute atomic E-state index is 10.8. The van der Waals surface area contributed by atoms with Crippen molar-refractivity contribution in [2.24, 2.45) is 0 Å². The molecule has 5 heteroatoms. The number of halogens is 1. The highest BCUT2D eigenvalue weighted by atomic mass is 79.9. The maximum Gasteiger partial charge on any atom is 0.270 e. The van der Waals surface area contributed by atoms with Gasteiger partial charge in [-0.25, -0.2) is 0 Å². The molecule has 0 saturated carbocycles. The van der Waals surface area contributed by atoms with Gasteiger partial charge in [-0.2, -0.15) is 0 Å². The summed E-state index contributed by atoms with van der Waals surface area (Å²) >= 11 is 3.42. The summed E-state index contributed by atoms with van der Waals surface area (Å²) in [5.74, 6) is 0. The summed E-state index contributed by atoms with van der Waals surface area (Å²) in [7, 11) is 0. The molecule has 1 heterocycles. The molecule has 0 radical (unpaired) electrons. The van der Waals surface area contributed by atoms with Gasteiger partial charge in [0, 0.05) is 34.9 Å². The van der Waals surface area contributed by atoms with Crippen molar-refractivity contribution in [3.63, 3.8) is 0 Å². The molecule has 106 valence electrons. The first-order valence-corrected chi connectivity index (χ1v) is 7.32. The van der Waals surface area contributed by atoms with Gasteiger partial charge in [-0.15, -0.1) is 0 Å². The maximum atomic E-state index is 10.8. The Bertz CT molecular complexity index is 839. The van der Waals surface area contributed by atoms with E-state index in [-0.39, 0.29) is 10.6 Å². The van der Waals surface area contributed by atoms with Gasteiger partial charge >= 0.3 is 0 Å². The van der Waals surface area contributed by atoms with Crippen LogP contribution in [0.2, 0.25) is 0 Å². The number of non-ortho nitro benzene ring substituents is 1. The van der Waals surface area contributed by atoms with Crippen LogP contribution in [-0.2, 0) is 6.54 Å². The summed E-state index contributed by atoms with van der Waals surface area (Å²) in [6, 6.07) is 13.3. The van der Waals surface area contributed by atoms with Crippen LogP contribution in [0.15, 0.2) is 53.1 Å². The van der Waals surface area contributed by atoms with Crippen molar-refractivity contribution in [3.8, 4) is 0 Å². The second kappa shape index (κ2) is 5.33. The van der Waals surface area contributed by atoms with Crippen LogP contribution in [0.25, 0.3) is 10.9 Å². The topological polar surface area (TPSA) is 48.1 Å². The number of nitro benzene ring substituents is 1. The molecule has 0 unspecified atom stereocenters. The molecule has 3 rings (SSSR count). The average Bonchev–Trinajstić information content (AvgIpc) is 2.83. The van der Waals surface area contributed by atoms with Crippen molar-refractivity contribution in [2.45, 2.75) is 13.5 Å². The molecule has 0 spiro atoms. The van der Waals surface area contributed by atoms with E-state index in [4.69, 9.17) is 0 Å². The Hall–Kier alpha value is -2.14. The molecule has 0 amide bonds. The van der Waals surface area contributed by atoms with E-state index in [1.54, 1.807) is 12.1 Å². The second-order valence-electron chi connectivity index (χ2n) is 5.04. The molecule has 1 aromatic heterocycles. The van der Waals surface area contributed by atoms with Gasteiger partial charge in [-0.05, 0) is 42.1 Å². The predicted molar refractivity (Wildman–Crippen MR) is 86.6 cm³/mol. The zero-order valence-corrected chi connectivity index (χ0v) is 13.0. The summed E-state index contributed by atoms with van der Waals surface area (Å²) < 4.78 is 2.89. The summed E-state index contributed by atoms with van der Waals surface area (Å²) in [5.41, 5.74) is 3.50. The van der Waals surface area contributed by atoms with Crippen molar-refractivity contribution >= 4 is 32.5 Å². The first-order chi connectivity index (χ1) is 10.0. The van der Waals surface area contributed by atoms with Gasteiger partial charge in [0.25, 0.3) is 5.69 Å². The zero-order valence-electron chi connectivity index (χ0n) is 11.4. The highest BCUT2D eigenvalue weighted by molar-refractivity contribution is 9.10. The fourth-order valence-electron chi connectivity index (χ4n) is 2.42. The molecule has 21 heavy (non-hydrogen) atoms. The molecular formula is C16H13BrN2O2. The normalized spacial score (nSPS) is 11.0. The van der Waals surface area contributed by atoms with Crippen LogP contribution < -0.4 is 0 Å². The lowest BCUT2D eigenvalue weighted by Gasteiger charge is -2.08. The van der Waals surface area contributed by atoms with Gasteiger partial charge in [0.1, 0.15) is 0 Å². The third-order valence-electron chi connectivity index (χ3n) is 3.51. The zero-order chi connectivity index (χ0) is 15.0. The lowest BCUT2D eigenvalue weighted by Crippen LogP contribution is -1.99. The number of aryl methyl sites for hydroxylation is 1. The highest BCUT2D eigenvalue weighted by Gasteiger charge is 2.10. The predicted octanol–water partition coefficient (Wildman–Crippen LogP) is 4.67. The summed E-state index contributed by atoms with van der Waals surface area (Å²) in [6.45, 7) is 2.74. The number of nitro groups is 1. The molecule has 0 aliphatic heterocycles. The Labute approximate surface area is 130 Å². The largest absolute Gasteiger partial charge is 0.343 e. The Morgan fingerprint density at radius 1 is 1.19 bits per heavy atom. The molecule has 3 aromatic rings. The second-order valence-corrected chi connectivity index (χ2v) is 5.89. The van der Waals surface area contributed by atoms with Crippen LogP contribution in [-0.4, -0.2) is 9.49 Å². The highest BCUT2D eigenvalue weighted by Crippen LogP contribution is 2.25. The Morgan fingerprint density at radius 2 is 2.00 bits per heavy atom. The number of benzene rings is 2. The van der Waals surface area contributed by atoms with Crippen LogP contribution in [0.1, 0.15) is 11.1 Å². The SMILES string of the molecule is Cc1ccc2c(ccn2Cc2ccc([N+](=O)[O-])cc2Br)c1. The first kappa shape index (κ1) is 13.8. The molecule has 0 fully saturated rings. The summed E-state index contributed by atoms with van der Waals surface area (Å²) in [5, 5.41) is 12.0. The number of nitrogens with zero attached hydrogens (tertiary/aromatic N) is 2. The fraction of sp³-hybridized carbons (Fsp3) is 0.125. The van der Waals surface area contributed by atoms with Crippen LogP contribution in [0.4, 0.5) is 5.69 Å². The molecule has 4 nitrogen and oxygen atoms in total. The van der Waals surface area contributed by atoms with Crippen LogP contribution in [0, 0.1) is 17.0 Å². The van der Waals surface area contributed by atoms with Crippen LogP contribution in [0.3, 0.4) is 0 Å². The molecule has 0 bridgehead atoms.